The first-order chi connectivity index (χ1) is 8.87. The molecule has 0 aromatic heterocycles. The van der Waals surface area contributed by atoms with Gasteiger partial charge in [0.05, 0.1) is 22.2 Å². The lowest BCUT2D eigenvalue weighted by molar-refractivity contribution is 0.587. The summed E-state index contributed by atoms with van der Waals surface area (Å²) in [6.45, 7) is 2.97. The van der Waals surface area contributed by atoms with E-state index in [4.69, 9.17) is 17.3 Å². The highest BCUT2D eigenvalue weighted by atomic mass is 35.5. The van der Waals surface area contributed by atoms with Crippen molar-refractivity contribution in [2.75, 3.05) is 29.5 Å². The zero-order valence-electron chi connectivity index (χ0n) is 11.0. The van der Waals surface area contributed by atoms with Crippen molar-refractivity contribution in [3.8, 4) is 0 Å². The molecule has 0 spiro atoms. The van der Waals surface area contributed by atoms with Crippen LogP contribution in [0.15, 0.2) is 18.2 Å². The molecule has 0 aliphatic carbocycles. The summed E-state index contributed by atoms with van der Waals surface area (Å²) in [6, 6.07) is 5.98. The Balaban J connectivity index is 2.13. The van der Waals surface area contributed by atoms with E-state index in [1.165, 1.54) is 0 Å². The van der Waals surface area contributed by atoms with Crippen molar-refractivity contribution in [1.29, 1.82) is 0 Å². The van der Waals surface area contributed by atoms with Crippen LogP contribution in [0.3, 0.4) is 0 Å². The summed E-state index contributed by atoms with van der Waals surface area (Å²) < 4.78 is 22.8. The van der Waals surface area contributed by atoms with E-state index in [1.54, 1.807) is 0 Å². The quantitative estimate of drug-likeness (QED) is 0.918. The number of hydrogen-bond donors (Lipinski definition) is 1. The van der Waals surface area contributed by atoms with Crippen LogP contribution in [0.1, 0.15) is 12.5 Å². The van der Waals surface area contributed by atoms with E-state index in [2.05, 4.69) is 0 Å². The molecule has 1 saturated heterocycles. The Hall–Kier alpha value is -0.780. The number of sulfone groups is 1. The van der Waals surface area contributed by atoms with Gasteiger partial charge >= 0.3 is 0 Å². The Kier molecular flexibility index (Phi) is 4.38. The third-order valence-corrected chi connectivity index (χ3v) is 5.17. The van der Waals surface area contributed by atoms with Crippen LogP contribution < -0.4 is 10.6 Å². The van der Waals surface area contributed by atoms with Crippen LogP contribution in [0.4, 0.5) is 5.69 Å². The molecule has 1 aliphatic heterocycles. The first-order valence-electron chi connectivity index (χ1n) is 6.37. The fourth-order valence-electron chi connectivity index (χ4n) is 2.26. The smallest absolute Gasteiger partial charge is 0.153 e. The average molecular weight is 303 g/mol. The molecule has 19 heavy (non-hydrogen) atoms. The van der Waals surface area contributed by atoms with Crippen LogP contribution >= 0.6 is 11.6 Å². The summed E-state index contributed by atoms with van der Waals surface area (Å²) in [5.74, 6) is 0.399. The van der Waals surface area contributed by atoms with Crippen LogP contribution in [0.25, 0.3) is 0 Å². The fourth-order valence-corrected chi connectivity index (χ4v) is 3.78. The molecular weight excluding hydrogens is 284 g/mol. The monoisotopic (exact) mass is 302 g/mol. The topological polar surface area (TPSA) is 63.4 Å². The number of benzene rings is 1. The van der Waals surface area contributed by atoms with Crippen LogP contribution in [0, 0.1) is 0 Å². The van der Waals surface area contributed by atoms with E-state index >= 15 is 0 Å². The second-order valence-corrected chi connectivity index (χ2v) is 7.82. The van der Waals surface area contributed by atoms with E-state index in [0.717, 1.165) is 17.7 Å². The van der Waals surface area contributed by atoms with Gasteiger partial charge in [-0.25, -0.2) is 8.42 Å². The van der Waals surface area contributed by atoms with Crippen LogP contribution in [0.2, 0.25) is 5.02 Å². The number of halogens is 1. The predicted molar refractivity (Wildman–Crippen MR) is 79.7 cm³/mol. The van der Waals surface area contributed by atoms with Crippen molar-refractivity contribution in [3.05, 3.63) is 28.8 Å². The van der Waals surface area contributed by atoms with Gasteiger partial charge in [0, 0.05) is 19.1 Å². The third-order valence-electron chi connectivity index (χ3n) is 3.25. The van der Waals surface area contributed by atoms with Gasteiger partial charge in [0.1, 0.15) is 0 Å². The molecule has 106 valence electrons. The maximum Gasteiger partial charge on any atom is 0.153 e. The molecule has 1 unspecified atom stereocenters. The molecule has 0 radical (unpaired) electrons. The normalized spacial score (nSPS) is 20.3. The minimum atomic E-state index is -2.86. The van der Waals surface area contributed by atoms with Crippen LogP contribution in [0.5, 0.6) is 0 Å². The molecule has 0 amide bonds. The minimum absolute atomic E-state index is 0.0991. The standard InChI is InChI=1S/C13H19ClN2O2S/c1-10(15)8-11-2-3-13(12(14)9-11)16-4-6-19(17,18)7-5-16/h2-3,9-10H,4-8,15H2,1H3. The third kappa shape index (κ3) is 3.84. The Labute approximate surface area is 119 Å². The number of nitrogens with two attached hydrogens (primary N) is 1. The molecule has 0 bridgehead atoms. The highest BCUT2D eigenvalue weighted by Crippen LogP contribution is 2.28. The highest BCUT2D eigenvalue weighted by Gasteiger charge is 2.23. The Morgan fingerprint density at radius 2 is 2.00 bits per heavy atom. The van der Waals surface area contributed by atoms with Gasteiger partial charge in [0.25, 0.3) is 0 Å². The van der Waals surface area contributed by atoms with Crippen molar-refractivity contribution < 1.29 is 8.42 Å². The number of rotatable bonds is 3. The second-order valence-electron chi connectivity index (χ2n) is 5.11. The van der Waals surface area contributed by atoms with Crippen molar-refractivity contribution in [2.45, 2.75) is 19.4 Å². The first kappa shape index (κ1) is 14.6. The summed E-state index contributed by atoms with van der Waals surface area (Å²) >= 11 is 6.29. The van der Waals surface area contributed by atoms with Gasteiger partial charge in [0.2, 0.25) is 0 Å². The van der Waals surface area contributed by atoms with Gasteiger partial charge in [-0.1, -0.05) is 17.7 Å². The van der Waals surface area contributed by atoms with E-state index in [9.17, 15) is 8.42 Å². The summed E-state index contributed by atoms with van der Waals surface area (Å²) in [6.07, 6.45) is 0.786. The van der Waals surface area contributed by atoms with E-state index < -0.39 is 9.84 Å². The largest absolute Gasteiger partial charge is 0.368 e. The molecule has 0 saturated carbocycles. The van der Waals surface area contributed by atoms with Gasteiger partial charge in [-0.05, 0) is 31.0 Å². The van der Waals surface area contributed by atoms with E-state index in [1.807, 2.05) is 30.0 Å². The molecule has 1 heterocycles. The van der Waals surface area contributed by atoms with Crippen molar-refractivity contribution in [1.82, 2.24) is 0 Å². The second kappa shape index (κ2) is 5.69. The summed E-state index contributed by atoms with van der Waals surface area (Å²) in [4.78, 5) is 2.03. The Morgan fingerprint density at radius 3 is 2.53 bits per heavy atom. The van der Waals surface area contributed by atoms with E-state index in [-0.39, 0.29) is 17.5 Å². The lowest BCUT2D eigenvalue weighted by Crippen LogP contribution is -2.40. The number of nitrogens with zero attached hydrogens (tertiary/aromatic N) is 1. The highest BCUT2D eigenvalue weighted by molar-refractivity contribution is 7.91. The first-order valence-corrected chi connectivity index (χ1v) is 8.57. The van der Waals surface area contributed by atoms with Gasteiger partial charge in [-0.2, -0.15) is 0 Å². The maximum atomic E-state index is 11.4. The molecule has 1 fully saturated rings. The van der Waals surface area contributed by atoms with Gasteiger partial charge in [0.15, 0.2) is 9.84 Å². The van der Waals surface area contributed by atoms with Crippen LogP contribution in [-0.4, -0.2) is 39.1 Å². The maximum absolute atomic E-state index is 11.4. The average Bonchev–Trinajstić information content (AvgIpc) is 2.29. The fraction of sp³-hybridized carbons (Fsp3) is 0.538. The Morgan fingerprint density at radius 1 is 1.37 bits per heavy atom. The van der Waals surface area contributed by atoms with Crippen molar-refractivity contribution in [3.63, 3.8) is 0 Å². The molecule has 1 aromatic carbocycles. The molecule has 2 N–H and O–H groups in total. The summed E-state index contributed by atoms with van der Waals surface area (Å²) in [5.41, 5.74) is 7.78. The molecule has 1 aliphatic rings. The number of anilines is 1. The Bertz CT molecular complexity index is 544. The predicted octanol–water partition coefficient (Wildman–Crippen LogP) is 1.46. The van der Waals surface area contributed by atoms with Crippen molar-refractivity contribution >= 4 is 27.1 Å². The van der Waals surface area contributed by atoms with Gasteiger partial charge in [-0.3, -0.25) is 0 Å². The SMILES string of the molecule is CC(N)Cc1ccc(N2CCS(=O)(=O)CC2)c(Cl)c1. The lowest BCUT2D eigenvalue weighted by atomic mass is 10.1. The molecule has 1 aromatic rings. The molecule has 2 rings (SSSR count). The molecule has 6 heteroatoms. The van der Waals surface area contributed by atoms with Crippen LogP contribution in [-0.2, 0) is 16.3 Å². The zero-order valence-corrected chi connectivity index (χ0v) is 12.5. The van der Waals surface area contributed by atoms with Crippen molar-refractivity contribution in [2.24, 2.45) is 5.73 Å². The lowest BCUT2D eigenvalue weighted by Gasteiger charge is -2.29. The molecule has 1 atom stereocenters. The minimum Gasteiger partial charge on any atom is -0.368 e. The summed E-state index contributed by atoms with van der Waals surface area (Å²) in [7, 11) is -2.86. The molecule has 4 nitrogen and oxygen atoms in total. The van der Waals surface area contributed by atoms with E-state index in [0.29, 0.717) is 18.1 Å². The molecular formula is C13H19ClN2O2S. The number of hydrogen-bond acceptors (Lipinski definition) is 4. The van der Waals surface area contributed by atoms with Gasteiger partial charge in [-0.15, -0.1) is 0 Å². The van der Waals surface area contributed by atoms with Gasteiger partial charge < -0.3 is 10.6 Å². The summed E-state index contributed by atoms with van der Waals surface area (Å²) in [5, 5.41) is 0.664. The zero-order chi connectivity index (χ0) is 14.0.